The third-order valence-electron chi connectivity index (χ3n) is 3.78. The molecule has 1 atom stereocenters. The van der Waals surface area contributed by atoms with Crippen LogP contribution in [0.2, 0.25) is 0 Å². The molecule has 0 bridgehead atoms. The summed E-state index contributed by atoms with van der Waals surface area (Å²) >= 11 is 0. The molecule has 1 aliphatic heterocycles. The number of likely N-dealkylation sites (tertiary alicyclic amines) is 1. The van der Waals surface area contributed by atoms with Crippen molar-refractivity contribution < 1.29 is 0 Å². The second-order valence-electron chi connectivity index (χ2n) is 5.40. The Labute approximate surface area is 113 Å². The summed E-state index contributed by atoms with van der Waals surface area (Å²) < 4.78 is 3.90. The highest BCUT2D eigenvalue weighted by Gasteiger charge is 2.24. The molecule has 0 saturated carbocycles. The molecule has 102 valence electrons. The van der Waals surface area contributed by atoms with Crippen LogP contribution in [0.3, 0.4) is 0 Å². The molecule has 0 N–H and O–H groups in total. The van der Waals surface area contributed by atoms with Gasteiger partial charge >= 0.3 is 0 Å². The fourth-order valence-electron chi connectivity index (χ4n) is 2.88. The maximum atomic E-state index is 4.25. The van der Waals surface area contributed by atoms with Crippen LogP contribution in [-0.2, 0) is 20.6 Å². The summed E-state index contributed by atoms with van der Waals surface area (Å²) in [5, 5.41) is 12.5. The zero-order valence-electron chi connectivity index (χ0n) is 11.5. The van der Waals surface area contributed by atoms with E-state index in [0.29, 0.717) is 5.92 Å². The Morgan fingerprint density at radius 1 is 1.37 bits per heavy atom. The third kappa shape index (κ3) is 2.68. The number of rotatable bonds is 3. The summed E-state index contributed by atoms with van der Waals surface area (Å²) in [6.45, 7) is 3.19. The lowest BCUT2D eigenvalue weighted by atomic mass is 9.97. The summed E-state index contributed by atoms with van der Waals surface area (Å²) in [6.07, 6.45) is 8.25. The molecule has 0 aliphatic carbocycles. The molecule has 1 aliphatic rings. The number of aryl methyl sites for hydroxylation is 2. The van der Waals surface area contributed by atoms with Crippen LogP contribution in [-0.4, -0.2) is 42.5 Å². The molecule has 2 aromatic rings. The number of aromatic nitrogens is 5. The Balaban J connectivity index is 1.66. The maximum absolute atomic E-state index is 4.25. The Kier molecular flexibility index (Phi) is 3.33. The van der Waals surface area contributed by atoms with Crippen LogP contribution >= 0.6 is 0 Å². The zero-order chi connectivity index (χ0) is 13.2. The molecule has 1 unspecified atom stereocenters. The van der Waals surface area contributed by atoms with Gasteiger partial charge in [0.05, 0.1) is 6.20 Å². The summed E-state index contributed by atoms with van der Waals surface area (Å²) in [7, 11) is 3.98. The highest BCUT2D eigenvalue weighted by atomic mass is 15.3. The summed E-state index contributed by atoms with van der Waals surface area (Å²) in [6, 6.07) is 0. The van der Waals surface area contributed by atoms with Crippen molar-refractivity contribution in [3.05, 3.63) is 30.1 Å². The first-order valence-corrected chi connectivity index (χ1v) is 6.76. The van der Waals surface area contributed by atoms with Crippen molar-refractivity contribution in [1.82, 2.24) is 29.4 Å². The Hall–Kier alpha value is -1.69. The summed E-state index contributed by atoms with van der Waals surface area (Å²) in [5.74, 6) is 1.61. The van der Waals surface area contributed by atoms with Crippen molar-refractivity contribution in [2.45, 2.75) is 25.3 Å². The van der Waals surface area contributed by atoms with E-state index in [1.807, 2.05) is 29.5 Å². The van der Waals surface area contributed by atoms with Crippen LogP contribution < -0.4 is 0 Å². The molecule has 6 nitrogen and oxygen atoms in total. The van der Waals surface area contributed by atoms with Crippen LogP contribution in [0.1, 0.15) is 30.1 Å². The first-order valence-electron chi connectivity index (χ1n) is 6.76. The van der Waals surface area contributed by atoms with Crippen LogP contribution in [0.4, 0.5) is 0 Å². The predicted octanol–water partition coefficient (Wildman–Crippen LogP) is 0.928. The van der Waals surface area contributed by atoms with Gasteiger partial charge in [-0.1, -0.05) is 0 Å². The SMILES string of the molecule is Cn1cc(CN2CCCC(c3nncn3C)C2)cn1. The lowest BCUT2D eigenvalue weighted by Gasteiger charge is -2.31. The van der Waals surface area contributed by atoms with E-state index in [1.165, 1.54) is 18.4 Å². The molecule has 0 amide bonds. The van der Waals surface area contributed by atoms with E-state index in [-0.39, 0.29) is 0 Å². The standard InChI is InChI=1S/C13H20N6/c1-17-10-14-16-13(17)12-4-3-5-19(9-12)8-11-6-15-18(2)7-11/h6-7,10,12H,3-5,8-9H2,1-2H3. The van der Waals surface area contributed by atoms with Crippen molar-refractivity contribution in [2.75, 3.05) is 13.1 Å². The Morgan fingerprint density at radius 2 is 2.26 bits per heavy atom. The quantitative estimate of drug-likeness (QED) is 0.824. The van der Waals surface area contributed by atoms with Gasteiger partial charge in [0.15, 0.2) is 0 Å². The maximum Gasteiger partial charge on any atom is 0.136 e. The minimum atomic E-state index is 0.498. The molecule has 0 spiro atoms. The van der Waals surface area contributed by atoms with Crippen molar-refractivity contribution in [1.29, 1.82) is 0 Å². The van der Waals surface area contributed by atoms with Crippen molar-refractivity contribution in [3.8, 4) is 0 Å². The van der Waals surface area contributed by atoms with E-state index in [4.69, 9.17) is 0 Å². The normalized spacial score (nSPS) is 20.8. The lowest BCUT2D eigenvalue weighted by Crippen LogP contribution is -2.34. The van der Waals surface area contributed by atoms with Crippen LogP contribution in [0, 0.1) is 0 Å². The van der Waals surface area contributed by atoms with Crippen LogP contribution in [0.5, 0.6) is 0 Å². The Morgan fingerprint density at radius 3 is 2.95 bits per heavy atom. The minimum Gasteiger partial charge on any atom is -0.320 e. The monoisotopic (exact) mass is 260 g/mol. The van der Waals surface area contributed by atoms with Gasteiger partial charge in [0.2, 0.25) is 0 Å². The smallest absolute Gasteiger partial charge is 0.136 e. The zero-order valence-corrected chi connectivity index (χ0v) is 11.5. The summed E-state index contributed by atoms with van der Waals surface area (Å²) in [4.78, 5) is 2.49. The van der Waals surface area contributed by atoms with Gasteiger partial charge in [0.25, 0.3) is 0 Å². The number of piperidine rings is 1. The van der Waals surface area contributed by atoms with Crippen molar-refractivity contribution in [2.24, 2.45) is 14.1 Å². The second-order valence-corrected chi connectivity index (χ2v) is 5.40. The second kappa shape index (κ2) is 5.13. The molecule has 1 saturated heterocycles. The van der Waals surface area contributed by atoms with E-state index in [1.54, 1.807) is 6.33 Å². The fraction of sp³-hybridized carbons (Fsp3) is 0.615. The molecule has 0 radical (unpaired) electrons. The molecule has 3 rings (SSSR count). The largest absolute Gasteiger partial charge is 0.320 e. The highest BCUT2D eigenvalue weighted by Crippen LogP contribution is 2.25. The average molecular weight is 260 g/mol. The van der Waals surface area contributed by atoms with E-state index < -0.39 is 0 Å². The first kappa shape index (κ1) is 12.3. The van der Waals surface area contributed by atoms with Crippen molar-refractivity contribution >= 4 is 0 Å². The predicted molar refractivity (Wildman–Crippen MR) is 71.5 cm³/mol. The van der Waals surface area contributed by atoms with Gasteiger partial charge in [-0.25, -0.2) is 0 Å². The molecule has 1 fully saturated rings. The van der Waals surface area contributed by atoms with Gasteiger partial charge in [-0.3, -0.25) is 9.58 Å². The molecule has 0 aromatic carbocycles. The molecule has 19 heavy (non-hydrogen) atoms. The molecular formula is C13H20N6. The lowest BCUT2D eigenvalue weighted by molar-refractivity contribution is 0.195. The van der Waals surface area contributed by atoms with Crippen molar-refractivity contribution in [3.63, 3.8) is 0 Å². The topological polar surface area (TPSA) is 51.8 Å². The van der Waals surface area contributed by atoms with E-state index >= 15 is 0 Å². The van der Waals surface area contributed by atoms with Crippen LogP contribution in [0.25, 0.3) is 0 Å². The average Bonchev–Trinajstić information content (AvgIpc) is 2.99. The number of nitrogens with zero attached hydrogens (tertiary/aromatic N) is 6. The highest BCUT2D eigenvalue weighted by molar-refractivity contribution is 5.05. The first-order chi connectivity index (χ1) is 9.22. The number of hydrogen-bond acceptors (Lipinski definition) is 4. The van der Waals surface area contributed by atoms with Crippen LogP contribution in [0.15, 0.2) is 18.7 Å². The molecule has 3 heterocycles. The van der Waals surface area contributed by atoms with E-state index in [9.17, 15) is 0 Å². The summed E-state index contributed by atoms with van der Waals surface area (Å²) in [5.41, 5.74) is 1.28. The van der Waals surface area contributed by atoms with Gasteiger partial charge in [-0.2, -0.15) is 5.10 Å². The van der Waals surface area contributed by atoms with E-state index in [0.717, 1.165) is 25.5 Å². The minimum absolute atomic E-state index is 0.498. The fourth-order valence-corrected chi connectivity index (χ4v) is 2.88. The van der Waals surface area contributed by atoms with Gasteiger partial charge in [0, 0.05) is 44.9 Å². The molecule has 6 heteroatoms. The van der Waals surface area contributed by atoms with E-state index in [2.05, 4.69) is 26.4 Å². The van der Waals surface area contributed by atoms with Gasteiger partial charge in [0.1, 0.15) is 12.2 Å². The molecular weight excluding hydrogens is 240 g/mol. The van der Waals surface area contributed by atoms with Gasteiger partial charge < -0.3 is 4.57 Å². The molecule has 2 aromatic heterocycles. The number of hydrogen-bond donors (Lipinski definition) is 0. The van der Waals surface area contributed by atoms with Gasteiger partial charge in [-0.15, -0.1) is 10.2 Å². The Bertz CT molecular complexity index is 543. The third-order valence-corrected chi connectivity index (χ3v) is 3.78. The van der Waals surface area contributed by atoms with Gasteiger partial charge in [-0.05, 0) is 19.4 Å².